The van der Waals surface area contributed by atoms with Gasteiger partial charge in [-0.15, -0.1) is 0 Å². The van der Waals surface area contributed by atoms with Crippen molar-refractivity contribution in [2.45, 2.75) is 12.5 Å². The first-order valence-electron chi connectivity index (χ1n) is 10.8. The molecule has 3 aromatic carbocycles. The maximum absolute atomic E-state index is 13.3. The molecule has 1 aliphatic heterocycles. The molecular formula is C26H25ClFNO5. The van der Waals surface area contributed by atoms with E-state index in [-0.39, 0.29) is 24.9 Å². The zero-order valence-electron chi connectivity index (χ0n) is 18.9. The molecule has 1 heterocycles. The van der Waals surface area contributed by atoms with Crippen LogP contribution in [0, 0.1) is 5.82 Å². The first-order valence-corrected chi connectivity index (χ1v) is 11.2. The second-order valence-electron chi connectivity index (χ2n) is 7.77. The Morgan fingerprint density at radius 1 is 0.971 bits per heavy atom. The average molecular weight is 486 g/mol. The highest BCUT2D eigenvalue weighted by molar-refractivity contribution is 6.30. The highest BCUT2D eigenvalue weighted by atomic mass is 35.5. The largest absolute Gasteiger partial charge is 0.493 e. The fourth-order valence-electron chi connectivity index (χ4n) is 3.97. The van der Waals surface area contributed by atoms with Gasteiger partial charge in [0.15, 0.2) is 18.1 Å². The lowest BCUT2D eigenvalue weighted by atomic mass is 9.92. The maximum Gasteiger partial charge on any atom is 0.261 e. The molecule has 178 valence electrons. The third-order valence-electron chi connectivity index (χ3n) is 5.72. The van der Waals surface area contributed by atoms with E-state index < -0.39 is 6.04 Å². The number of halogens is 2. The number of rotatable bonds is 8. The monoisotopic (exact) mass is 485 g/mol. The summed E-state index contributed by atoms with van der Waals surface area (Å²) in [7, 11) is 3.16. The molecule has 0 aliphatic carbocycles. The average Bonchev–Trinajstić information content (AvgIpc) is 2.86. The Hall–Kier alpha value is -3.45. The molecule has 0 fully saturated rings. The SMILES string of the molecule is COc1cc2c(cc1OC)C(COc1ccc(F)cc1)N(C(=O)COc1ccc(Cl)cc1)CC2. The molecule has 1 amide bonds. The van der Waals surface area contributed by atoms with E-state index in [1.54, 1.807) is 55.5 Å². The number of fused-ring (bicyclic) bond motifs is 1. The first-order chi connectivity index (χ1) is 16.5. The second kappa shape index (κ2) is 10.7. The van der Waals surface area contributed by atoms with Crippen LogP contribution < -0.4 is 18.9 Å². The number of methoxy groups -OCH3 is 2. The number of carbonyl (C=O) groups is 1. The lowest BCUT2D eigenvalue weighted by Crippen LogP contribution is -2.44. The standard InChI is InChI=1S/C26H25ClFNO5/c1-31-24-13-17-11-12-29(26(30)16-34-20-7-3-18(27)4-8-20)23(22(17)14-25(24)32-2)15-33-21-9-5-19(28)6-10-21/h3-10,13-14,23H,11-12,15-16H2,1-2H3. The number of hydrogen-bond donors (Lipinski definition) is 0. The van der Waals surface area contributed by atoms with Crippen molar-refractivity contribution >= 4 is 17.5 Å². The molecule has 34 heavy (non-hydrogen) atoms. The van der Waals surface area contributed by atoms with Gasteiger partial charge in [0, 0.05) is 11.6 Å². The molecule has 1 aliphatic rings. The van der Waals surface area contributed by atoms with Crippen LogP contribution in [0.15, 0.2) is 60.7 Å². The predicted molar refractivity (Wildman–Crippen MR) is 127 cm³/mol. The van der Waals surface area contributed by atoms with Crippen molar-refractivity contribution < 1.29 is 28.1 Å². The molecule has 3 aromatic rings. The number of amides is 1. The van der Waals surface area contributed by atoms with E-state index in [9.17, 15) is 9.18 Å². The summed E-state index contributed by atoms with van der Waals surface area (Å²) < 4.78 is 35.9. The number of benzene rings is 3. The zero-order valence-corrected chi connectivity index (χ0v) is 19.7. The smallest absolute Gasteiger partial charge is 0.261 e. The van der Waals surface area contributed by atoms with Crippen LogP contribution in [0.5, 0.6) is 23.0 Å². The number of ether oxygens (including phenoxy) is 4. The van der Waals surface area contributed by atoms with Crippen LogP contribution in [0.25, 0.3) is 0 Å². The predicted octanol–water partition coefficient (Wildman–Crippen LogP) is 5.08. The minimum absolute atomic E-state index is 0.128. The first kappa shape index (κ1) is 23.7. The fraction of sp³-hybridized carbons (Fsp3) is 0.269. The van der Waals surface area contributed by atoms with Gasteiger partial charge >= 0.3 is 0 Å². The van der Waals surface area contributed by atoms with E-state index in [0.717, 1.165) is 11.1 Å². The fourth-order valence-corrected chi connectivity index (χ4v) is 4.10. The van der Waals surface area contributed by atoms with E-state index in [2.05, 4.69) is 0 Å². The van der Waals surface area contributed by atoms with E-state index in [0.29, 0.717) is 41.0 Å². The second-order valence-corrected chi connectivity index (χ2v) is 8.20. The maximum atomic E-state index is 13.3. The van der Waals surface area contributed by atoms with Crippen molar-refractivity contribution in [2.24, 2.45) is 0 Å². The molecule has 0 aromatic heterocycles. The van der Waals surface area contributed by atoms with Crippen molar-refractivity contribution in [3.63, 3.8) is 0 Å². The Morgan fingerprint density at radius 3 is 2.26 bits per heavy atom. The van der Waals surface area contributed by atoms with Gasteiger partial charge in [0.2, 0.25) is 0 Å². The van der Waals surface area contributed by atoms with Crippen LogP contribution in [0.1, 0.15) is 17.2 Å². The van der Waals surface area contributed by atoms with Crippen LogP contribution in [0.3, 0.4) is 0 Å². The van der Waals surface area contributed by atoms with Crippen LogP contribution >= 0.6 is 11.6 Å². The Balaban J connectivity index is 1.58. The van der Waals surface area contributed by atoms with Crippen LogP contribution in [-0.2, 0) is 11.2 Å². The van der Waals surface area contributed by atoms with Crippen molar-refractivity contribution in [3.8, 4) is 23.0 Å². The van der Waals surface area contributed by atoms with Crippen LogP contribution in [0.2, 0.25) is 5.02 Å². The number of hydrogen-bond acceptors (Lipinski definition) is 5. The van der Waals surface area contributed by atoms with Crippen molar-refractivity contribution in [3.05, 3.63) is 82.6 Å². The summed E-state index contributed by atoms with van der Waals surface area (Å²) in [5.74, 6) is 1.75. The quantitative estimate of drug-likeness (QED) is 0.445. The molecule has 1 unspecified atom stereocenters. The van der Waals surface area contributed by atoms with Gasteiger partial charge in [-0.3, -0.25) is 4.79 Å². The lowest BCUT2D eigenvalue weighted by molar-refractivity contribution is -0.137. The molecule has 8 heteroatoms. The van der Waals surface area contributed by atoms with Crippen molar-refractivity contribution in [2.75, 3.05) is 34.0 Å². The molecule has 0 spiro atoms. The summed E-state index contributed by atoms with van der Waals surface area (Å²) in [6, 6.07) is 16.1. The Labute approximate surface area is 202 Å². The third kappa shape index (κ3) is 5.37. The summed E-state index contributed by atoms with van der Waals surface area (Å²) in [4.78, 5) is 14.9. The summed E-state index contributed by atoms with van der Waals surface area (Å²) >= 11 is 5.92. The highest BCUT2D eigenvalue weighted by Crippen LogP contribution is 2.38. The number of carbonyl (C=O) groups excluding carboxylic acids is 1. The molecule has 0 radical (unpaired) electrons. The highest BCUT2D eigenvalue weighted by Gasteiger charge is 2.33. The van der Waals surface area contributed by atoms with Gasteiger partial charge in [0.25, 0.3) is 5.91 Å². The van der Waals surface area contributed by atoms with Gasteiger partial charge in [0.1, 0.15) is 23.9 Å². The van der Waals surface area contributed by atoms with Gasteiger partial charge in [0.05, 0.1) is 20.3 Å². The molecule has 1 atom stereocenters. The Kier molecular flexibility index (Phi) is 7.43. The molecule has 0 saturated heterocycles. The van der Waals surface area contributed by atoms with Crippen LogP contribution in [0.4, 0.5) is 4.39 Å². The minimum atomic E-state index is -0.394. The zero-order chi connectivity index (χ0) is 24.1. The summed E-state index contributed by atoms with van der Waals surface area (Å²) in [6.45, 7) is 0.543. The molecule has 4 rings (SSSR count). The normalized spacial score (nSPS) is 14.8. The molecule has 0 N–H and O–H groups in total. The summed E-state index contributed by atoms with van der Waals surface area (Å²) in [6.07, 6.45) is 0.648. The van der Waals surface area contributed by atoms with Gasteiger partial charge in [-0.1, -0.05) is 11.6 Å². The van der Waals surface area contributed by atoms with Crippen molar-refractivity contribution in [1.29, 1.82) is 0 Å². The summed E-state index contributed by atoms with van der Waals surface area (Å²) in [5, 5.41) is 0.591. The molecule has 0 saturated carbocycles. The van der Waals surface area contributed by atoms with E-state index in [4.69, 9.17) is 30.5 Å². The van der Waals surface area contributed by atoms with E-state index >= 15 is 0 Å². The molecule has 0 bridgehead atoms. The van der Waals surface area contributed by atoms with E-state index in [1.807, 2.05) is 12.1 Å². The minimum Gasteiger partial charge on any atom is -0.493 e. The van der Waals surface area contributed by atoms with Gasteiger partial charge in [-0.2, -0.15) is 0 Å². The number of nitrogens with zero attached hydrogens (tertiary/aromatic N) is 1. The van der Waals surface area contributed by atoms with E-state index in [1.165, 1.54) is 12.1 Å². The lowest BCUT2D eigenvalue weighted by Gasteiger charge is -2.37. The Morgan fingerprint density at radius 2 is 1.59 bits per heavy atom. The topological polar surface area (TPSA) is 57.2 Å². The molecular weight excluding hydrogens is 461 g/mol. The van der Waals surface area contributed by atoms with Gasteiger partial charge < -0.3 is 23.8 Å². The van der Waals surface area contributed by atoms with Crippen molar-refractivity contribution in [1.82, 2.24) is 4.90 Å². The summed E-state index contributed by atoms with van der Waals surface area (Å²) in [5.41, 5.74) is 1.96. The Bertz CT molecular complexity index is 1140. The van der Waals surface area contributed by atoms with Crippen LogP contribution in [-0.4, -0.2) is 44.8 Å². The van der Waals surface area contributed by atoms with Gasteiger partial charge in [-0.05, 0) is 78.2 Å². The van der Waals surface area contributed by atoms with Gasteiger partial charge in [-0.25, -0.2) is 4.39 Å². The molecule has 6 nitrogen and oxygen atoms in total. The third-order valence-corrected chi connectivity index (χ3v) is 5.97.